The molecule has 168 valence electrons. The van der Waals surface area contributed by atoms with E-state index in [1.807, 2.05) is 0 Å². The van der Waals surface area contributed by atoms with E-state index in [4.69, 9.17) is 17.7 Å². The van der Waals surface area contributed by atoms with Crippen molar-refractivity contribution < 1.29 is 22.5 Å². The summed E-state index contributed by atoms with van der Waals surface area (Å²) in [6, 6.07) is 1.67. The van der Waals surface area contributed by atoms with E-state index >= 15 is 0 Å². The summed E-state index contributed by atoms with van der Waals surface area (Å²) in [6.07, 6.45) is 7.69. The molecule has 0 aliphatic heterocycles. The zero-order valence-corrected chi connectivity index (χ0v) is 21.8. The second-order valence-electron chi connectivity index (χ2n) is 7.73. The van der Waals surface area contributed by atoms with Gasteiger partial charge in [-0.3, -0.25) is 4.79 Å². The predicted octanol–water partition coefficient (Wildman–Crippen LogP) is 5.97. The van der Waals surface area contributed by atoms with E-state index in [1.165, 1.54) is 0 Å². The smallest absolute Gasteiger partial charge is 0.348 e. The third-order valence-electron chi connectivity index (χ3n) is 6.02. The summed E-state index contributed by atoms with van der Waals surface area (Å²) in [4.78, 5) is 14.1. The van der Waals surface area contributed by atoms with Crippen LogP contribution in [0.4, 0.5) is 0 Å². The molecule has 0 fully saturated rings. The molecule has 5 nitrogen and oxygen atoms in total. The molecule has 0 N–H and O–H groups in total. The largest absolute Gasteiger partial charge is 0.397 e. The average Bonchev–Trinajstić information content (AvgIpc) is 2.72. The predicted molar refractivity (Wildman–Crippen MR) is 121 cm³/mol. The van der Waals surface area contributed by atoms with Gasteiger partial charge in [0.25, 0.3) is 0 Å². The lowest BCUT2D eigenvalue weighted by atomic mass is 10.0. The Morgan fingerprint density at radius 1 is 0.643 bits per heavy atom. The van der Waals surface area contributed by atoms with Crippen LogP contribution in [0.5, 0.6) is 0 Å². The molecule has 2 unspecified atom stereocenters. The molecule has 0 saturated carbocycles. The average molecular weight is 435 g/mol. The topological polar surface area (TPSA) is 54.0 Å². The van der Waals surface area contributed by atoms with Gasteiger partial charge in [0.05, 0.1) is 11.1 Å². The number of carbonyl (C=O) groups is 1. The van der Waals surface area contributed by atoms with Crippen LogP contribution in [0, 0.1) is 0 Å². The Balaban J connectivity index is 6.17. The zero-order chi connectivity index (χ0) is 21.6. The monoisotopic (exact) mass is 434 g/mol. The van der Waals surface area contributed by atoms with Crippen molar-refractivity contribution in [1.82, 2.24) is 0 Å². The zero-order valence-electron chi connectivity index (χ0n) is 19.8. The van der Waals surface area contributed by atoms with E-state index in [1.54, 1.807) is 28.4 Å². The maximum atomic E-state index is 14.1. The van der Waals surface area contributed by atoms with Gasteiger partial charge in [0.15, 0.2) is 0 Å². The van der Waals surface area contributed by atoms with E-state index in [0.717, 1.165) is 63.5 Å². The number of hydrogen-bond acceptors (Lipinski definition) is 5. The van der Waals surface area contributed by atoms with E-state index in [0.29, 0.717) is 0 Å². The van der Waals surface area contributed by atoms with Gasteiger partial charge in [-0.15, -0.1) is 0 Å². The van der Waals surface area contributed by atoms with Gasteiger partial charge in [0.1, 0.15) is 5.78 Å². The highest BCUT2D eigenvalue weighted by Crippen LogP contribution is 2.43. The van der Waals surface area contributed by atoms with Crippen molar-refractivity contribution in [1.29, 1.82) is 0 Å². The highest BCUT2D eigenvalue weighted by Gasteiger charge is 2.55. The van der Waals surface area contributed by atoms with E-state index in [2.05, 4.69) is 27.7 Å². The molecular formula is C21H46O5Si2. The molecule has 0 aliphatic carbocycles. The molecule has 0 aromatic heterocycles. The quantitative estimate of drug-likeness (QED) is 0.249. The summed E-state index contributed by atoms with van der Waals surface area (Å²) in [7, 11) is 1.62. The van der Waals surface area contributed by atoms with Gasteiger partial charge >= 0.3 is 17.1 Å². The lowest BCUT2D eigenvalue weighted by Crippen LogP contribution is -2.54. The normalized spacial score (nSPS) is 14.9. The van der Waals surface area contributed by atoms with Gasteiger partial charge in [-0.05, 0) is 24.9 Å². The molecule has 0 amide bonds. The summed E-state index contributed by atoms with van der Waals surface area (Å²) in [5.74, 6) is 0.273. The number of ketones is 1. The fraction of sp³-hybridized carbons (Fsp3) is 0.952. The van der Waals surface area contributed by atoms with Crippen molar-refractivity contribution >= 4 is 22.9 Å². The molecule has 0 bridgehead atoms. The van der Waals surface area contributed by atoms with Gasteiger partial charge in [0, 0.05) is 28.4 Å². The van der Waals surface area contributed by atoms with Crippen LogP contribution in [-0.2, 0) is 22.5 Å². The summed E-state index contributed by atoms with van der Waals surface area (Å²) in [6.45, 7) is 8.60. The first-order valence-corrected chi connectivity index (χ1v) is 15.4. The molecular weight excluding hydrogens is 388 g/mol. The molecule has 0 heterocycles. The molecule has 28 heavy (non-hydrogen) atoms. The Hall–Kier alpha value is -0.0562. The Bertz CT molecular complexity index is 376. The van der Waals surface area contributed by atoms with Gasteiger partial charge in [0.2, 0.25) is 0 Å². The molecule has 0 rings (SSSR count). The SMILES string of the molecule is CCCCC(C(=O)C(CCCC)[Si](CCC)(OC)OC)[Si](CCC)(OC)OC. The minimum Gasteiger partial charge on any atom is -0.397 e. The molecule has 0 saturated heterocycles. The number of unbranched alkanes of at least 4 members (excludes halogenated alkanes) is 2. The van der Waals surface area contributed by atoms with Crippen LogP contribution >= 0.6 is 0 Å². The Morgan fingerprint density at radius 2 is 0.964 bits per heavy atom. The first kappa shape index (κ1) is 27.9. The highest BCUT2D eigenvalue weighted by atomic mass is 28.4. The summed E-state index contributed by atoms with van der Waals surface area (Å²) in [5.41, 5.74) is -0.337. The van der Waals surface area contributed by atoms with Crippen molar-refractivity contribution in [3.63, 3.8) is 0 Å². The third-order valence-corrected chi connectivity index (χ3v) is 14.4. The highest BCUT2D eigenvalue weighted by molar-refractivity contribution is 6.77. The molecule has 2 atom stereocenters. The van der Waals surface area contributed by atoms with Crippen LogP contribution in [0.3, 0.4) is 0 Å². The van der Waals surface area contributed by atoms with Gasteiger partial charge in [-0.1, -0.05) is 66.2 Å². The lowest BCUT2D eigenvalue weighted by Gasteiger charge is -2.40. The second-order valence-corrected chi connectivity index (χ2v) is 15.0. The van der Waals surface area contributed by atoms with E-state index in [9.17, 15) is 4.79 Å². The first-order valence-electron chi connectivity index (χ1n) is 11.2. The first-order chi connectivity index (χ1) is 13.4. The minimum absolute atomic E-state index is 0.168. The molecule has 0 aromatic rings. The van der Waals surface area contributed by atoms with Crippen LogP contribution in [0.1, 0.15) is 79.1 Å². The number of rotatable bonds is 18. The van der Waals surface area contributed by atoms with E-state index < -0.39 is 17.1 Å². The van der Waals surface area contributed by atoms with Crippen LogP contribution in [0.25, 0.3) is 0 Å². The third kappa shape index (κ3) is 7.02. The number of hydrogen-bond donors (Lipinski definition) is 0. The summed E-state index contributed by atoms with van der Waals surface area (Å²) >= 11 is 0. The number of carbonyl (C=O) groups excluding carboxylic acids is 1. The maximum Gasteiger partial charge on any atom is 0.348 e. The van der Waals surface area contributed by atoms with Crippen molar-refractivity contribution in [2.45, 2.75) is 102 Å². The van der Waals surface area contributed by atoms with Gasteiger partial charge in [-0.2, -0.15) is 0 Å². The summed E-state index contributed by atoms with van der Waals surface area (Å²) < 4.78 is 24.1. The van der Waals surface area contributed by atoms with Gasteiger partial charge < -0.3 is 17.7 Å². The van der Waals surface area contributed by atoms with Crippen molar-refractivity contribution in [3.05, 3.63) is 0 Å². The molecule has 0 radical (unpaired) electrons. The molecule has 0 spiro atoms. The van der Waals surface area contributed by atoms with Crippen molar-refractivity contribution in [2.75, 3.05) is 28.4 Å². The fourth-order valence-corrected chi connectivity index (χ4v) is 11.5. The molecule has 7 heteroatoms. The van der Waals surface area contributed by atoms with Crippen molar-refractivity contribution in [2.24, 2.45) is 0 Å². The molecule has 0 aromatic carbocycles. The van der Waals surface area contributed by atoms with Gasteiger partial charge in [-0.25, -0.2) is 0 Å². The number of Topliss-reactive ketones (excluding diaryl/α,β-unsaturated/α-hetero) is 1. The second kappa shape index (κ2) is 14.9. The van der Waals surface area contributed by atoms with Crippen LogP contribution in [0.2, 0.25) is 23.2 Å². The standard InChI is InChI=1S/C21H46O5Si2/c1-9-13-15-19(27(23-5,24-6)17-11-3)21(22)20(16-14-10-2)28(25-7,26-8)18-12-4/h19-20H,9-18H2,1-8H3. The van der Waals surface area contributed by atoms with Crippen LogP contribution in [-0.4, -0.2) is 51.3 Å². The maximum absolute atomic E-state index is 14.1. The van der Waals surface area contributed by atoms with E-state index in [-0.39, 0.29) is 16.9 Å². The molecule has 0 aliphatic rings. The van der Waals surface area contributed by atoms with Crippen LogP contribution in [0.15, 0.2) is 0 Å². The lowest BCUT2D eigenvalue weighted by molar-refractivity contribution is -0.120. The Morgan fingerprint density at radius 3 is 1.18 bits per heavy atom. The van der Waals surface area contributed by atoms with Crippen molar-refractivity contribution in [3.8, 4) is 0 Å². The fourth-order valence-electron chi connectivity index (χ4n) is 4.41. The Labute approximate surface area is 176 Å². The minimum atomic E-state index is -2.64. The Kier molecular flexibility index (Phi) is 14.8. The summed E-state index contributed by atoms with van der Waals surface area (Å²) in [5, 5.41) is 0. The van der Waals surface area contributed by atoms with Crippen LogP contribution < -0.4 is 0 Å².